The molecule has 7 heteroatoms. The molecule has 0 aliphatic rings. The molecule has 0 amide bonds. The molecule has 3 aromatic carbocycles. The quantitative estimate of drug-likeness (QED) is 0.395. The number of ether oxygens (including phenoxy) is 3. The van der Waals surface area contributed by atoms with Crippen molar-refractivity contribution < 1.29 is 18.8 Å². The van der Waals surface area contributed by atoms with E-state index >= 15 is 0 Å². The lowest BCUT2D eigenvalue weighted by atomic mass is 10.3. The van der Waals surface area contributed by atoms with Gasteiger partial charge in [0.2, 0.25) is 0 Å². The maximum absolute atomic E-state index is 6.52. The molecule has 0 radical (unpaired) electrons. The predicted molar refractivity (Wildman–Crippen MR) is 122 cm³/mol. The van der Waals surface area contributed by atoms with Crippen LogP contribution in [0.4, 0.5) is 5.95 Å². The number of nitrogen functional groups attached to an aromatic ring is 1. The normalized spacial score (nSPS) is 10.9. The first kappa shape index (κ1) is 20.9. The number of anilines is 1. The number of aromatic nitrogens is 2. The molecular formula is C24H25ClN3O3+. The minimum atomic E-state index is 0.463. The monoisotopic (exact) mass is 438 g/mol. The summed E-state index contributed by atoms with van der Waals surface area (Å²) in [6.07, 6.45) is 0. The summed E-state index contributed by atoms with van der Waals surface area (Å²) in [5.74, 6) is 2.86. The van der Waals surface area contributed by atoms with Gasteiger partial charge in [-0.1, -0.05) is 35.9 Å². The molecule has 2 N–H and O–H groups in total. The molecule has 0 spiro atoms. The number of fused-ring (bicyclic) bond motifs is 1. The maximum atomic E-state index is 6.52. The number of rotatable bonds is 9. The van der Waals surface area contributed by atoms with Gasteiger partial charge in [-0.25, -0.2) is 9.13 Å². The third kappa shape index (κ3) is 4.70. The largest absolute Gasteiger partial charge is 0.493 e. The van der Waals surface area contributed by atoms with E-state index in [2.05, 4.69) is 21.3 Å². The van der Waals surface area contributed by atoms with Crippen molar-refractivity contribution in [3.8, 4) is 17.2 Å². The second kappa shape index (κ2) is 9.62. The van der Waals surface area contributed by atoms with Crippen LogP contribution in [0, 0.1) is 0 Å². The topological polar surface area (TPSA) is 62.5 Å². The zero-order chi connectivity index (χ0) is 21.6. The molecule has 6 nitrogen and oxygen atoms in total. The Kier molecular flexibility index (Phi) is 6.48. The van der Waals surface area contributed by atoms with Gasteiger partial charge in [0.25, 0.3) is 0 Å². The van der Waals surface area contributed by atoms with Crippen molar-refractivity contribution >= 4 is 28.6 Å². The highest BCUT2D eigenvalue weighted by atomic mass is 35.5. The van der Waals surface area contributed by atoms with Gasteiger partial charge in [0.1, 0.15) is 43.1 Å². The molecule has 1 aromatic heterocycles. The standard InChI is InChI=1S/C24H24ClN3O3/c1-29-22-8-4-5-9-23(22)31-17-15-28-21-7-3-2-6-20(21)27(24(28)26)14-16-30-19-12-10-18(25)11-13-19/h2-13,26H,14-17H2,1H3/p+1. The van der Waals surface area contributed by atoms with Crippen LogP contribution in [-0.2, 0) is 13.1 Å². The van der Waals surface area contributed by atoms with E-state index in [9.17, 15) is 0 Å². The number of nitrogens with two attached hydrogens (primary N) is 1. The fourth-order valence-electron chi connectivity index (χ4n) is 3.55. The van der Waals surface area contributed by atoms with Gasteiger partial charge in [0.05, 0.1) is 7.11 Å². The van der Waals surface area contributed by atoms with Gasteiger partial charge < -0.3 is 14.2 Å². The van der Waals surface area contributed by atoms with E-state index in [-0.39, 0.29) is 0 Å². The molecule has 4 rings (SSSR count). The Balaban J connectivity index is 1.47. The highest BCUT2D eigenvalue weighted by Crippen LogP contribution is 2.26. The van der Waals surface area contributed by atoms with Crippen LogP contribution in [0.5, 0.6) is 17.2 Å². The average molecular weight is 439 g/mol. The van der Waals surface area contributed by atoms with E-state index in [1.54, 1.807) is 7.11 Å². The summed E-state index contributed by atoms with van der Waals surface area (Å²) >= 11 is 5.93. The number of halogens is 1. The lowest BCUT2D eigenvalue weighted by molar-refractivity contribution is -0.658. The minimum Gasteiger partial charge on any atom is -0.493 e. The van der Waals surface area contributed by atoms with Crippen LogP contribution < -0.4 is 24.5 Å². The summed E-state index contributed by atoms with van der Waals surface area (Å²) in [5.41, 5.74) is 8.63. The van der Waals surface area contributed by atoms with E-state index in [0.717, 1.165) is 16.8 Å². The zero-order valence-electron chi connectivity index (χ0n) is 17.3. The number of methoxy groups -OCH3 is 1. The first-order valence-corrected chi connectivity index (χ1v) is 10.5. The smallest absolute Gasteiger partial charge is 0.356 e. The predicted octanol–water partition coefficient (Wildman–Crippen LogP) is 4.33. The Bertz CT molecular complexity index is 1160. The van der Waals surface area contributed by atoms with Crippen molar-refractivity contribution in [2.75, 3.05) is 26.1 Å². The van der Waals surface area contributed by atoms with Crippen LogP contribution in [0.3, 0.4) is 0 Å². The molecule has 0 unspecified atom stereocenters. The Morgan fingerprint density at radius 2 is 1.58 bits per heavy atom. The van der Waals surface area contributed by atoms with Crippen LogP contribution in [0.25, 0.3) is 11.0 Å². The van der Waals surface area contributed by atoms with Gasteiger partial charge in [-0.05, 0) is 48.5 Å². The number of benzene rings is 3. The van der Waals surface area contributed by atoms with Crippen LogP contribution in [0.2, 0.25) is 5.02 Å². The summed E-state index contributed by atoms with van der Waals surface area (Å²) in [6.45, 7) is 2.18. The first-order valence-electron chi connectivity index (χ1n) is 10.1. The molecule has 4 aromatic rings. The molecule has 1 heterocycles. The molecule has 160 valence electrons. The molecular weight excluding hydrogens is 414 g/mol. The van der Waals surface area contributed by atoms with E-state index in [1.807, 2.05) is 60.7 Å². The molecule has 0 atom stereocenters. The fourth-order valence-corrected chi connectivity index (χ4v) is 3.68. The summed E-state index contributed by atoms with van der Waals surface area (Å²) in [4.78, 5) is 0. The van der Waals surface area contributed by atoms with E-state index in [0.29, 0.717) is 48.8 Å². The summed E-state index contributed by atoms with van der Waals surface area (Å²) in [6, 6.07) is 23.1. The molecule has 0 saturated heterocycles. The van der Waals surface area contributed by atoms with Gasteiger partial charge in [-0.15, -0.1) is 0 Å². The Morgan fingerprint density at radius 3 is 2.35 bits per heavy atom. The van der Waals surface area contributed by atoms with Crippen molar-refractivity contribution in [2.45, 2.75) is 13.1 Å². The zero-order valence-corrected chi connectivity index (χ0v) is 18.1. The van der Waals surface area contributed by atoms with Crippen molar-refractivity contribution in [2.24, 2.45) is 0 Å². The van der Waals surface area contributed by atoms with Gasteiger partial charge in [-0.3, -0.25) is 5.73 Å². The second-order valence-corrected chi connectivity index (χ2v) is 7.39. The van der Waals surface area contributed by atoms with Crippen molar-refractivity contribution in [1.82, 2.24) is 4.57 Å². The molecule has 0 aliphatic carbocycles. The van der Waals surface area contributed by atoms with Gasteiger partial charge in [0.15, 0.2) is 11.5 Å². The Morgan fingerprint density at radius 1 is 0.871 bits per heavy atom. The van der Waals surface area contributed by atoms with Crippen LogP contribution in [0.1, 0.15) is 0 Å². The summed E-state index contributed by atoms with van der Waals surface area (Å²) in [5, 5.41) is 0.685. The highest BCUT2D eigenvalue weighted by molar-refractivity contribution is 6.30. The van der Waals surface area contributed by atoms with Crippen molar-refractivity contribution in [1.29, 1.82) is 0 Å². The van der Waals surface area contributed by atoms with Crippen molar-refractivity contribution in [3.63, 3.8) is 0 Å². The lowest BCUT2D eigenvalue weighted by Gasteiger charge is -2.10. The molecule has 0 aliphatic heterocycles. The van der Waals surface area contributed by atoms with Crippen LogP contribution >= 0.6 is 11.6 Å². The Labute approximate surface area is 186 Å². The van der Waals surface area contributed by atoms with E-state index in [4.69, 9.17) is 31.5 Å². The third-order valence-corrected chi connectivity index (χ3v) is 5.31. The highest BCUT2D eigenvalue weighted by Gasteiger charge is 2.20. The first-order chi connectivity index (χ1) is 15.2. The number of para-hydroxylation sites is 4. The van der Waals surface area contributed by atoms with Gasteiger partial charge in [-0.2, -0.15) is 0 Å². The number of nitrogens with zero attached hydrogens (tertiary/aromatic N) is 2. The lowest BCUT2D eigenvalue weighted by Crippen LogP contribution is -2.39. The SMILES string of the molecule is COc1ccccc1OCCn1c(N)[n+](CCOc2ccc(Cl)cc2)c2ccccc21. The summed E-state index contributed by atoms with van der Waals surface area (Å²) in [7, 11) is 1.63. The summed E-state index contributed by atoms with van der Waals surface area (Å²) < 4.78 is 21.3. The number of hydrogen-bond donors (Lipinski definition) is 1. The molecule has 0 bridgehead atoms. The average Bonchev–Trinajstić information content (AvgIpc) is 3.07. The minimum absolute atomic E-state index is 0.463. The van der Waals surface area contributed by atoms with E-state index in [1.165, 1.54) is 0 Å². The fraction of sp³-hybridized carbons (Fsp3) is 0.208. The second-order valence-electron chi connectivity index (χ2n) is 6.95. The van der Waals surface area contributed by atoms with Crippen LogP contribution in [0.15, 0.2) is 72.8 Å². The van der Waals surface area contributed by atoms with Crippen molar-refractivity contribution in [3.05, 3.63) is 77.8 Å². The third-order valence-electron chi connectivity index (χ3n) is 5.06. The Hall–Kier alpha value is -3.38. The number of imidazole rings is 1. The molecule has 0 saturated carbocycles. The maximum Gasteiger partial charge on any atom is 0.356 e. The number of hydrogen-bond acceptors (Lipinski definition) is 4. The van der Waals surface area contributed by atoms with Crippen LogP contribution in [-0.4, -0.2) is 24.9 Å². The van der Waals surface area contributed by atoms with Gasteiger partial charge >= 0.3 is 5.95 Å². The van der Waals surface area contributed by atoms with Gasteiger partial charge in [0, 0.05) is 5.02 Å². The molecule has 0 fully saturated rings. The van der Waals surface area contributed by atoms with E-state index < -0.39 is 0 Å². The molecule has 31 heavy (non-hydrogen) atoms.